The van der Waals surface area contributed by atoms with Crippen molar-refractivity contribution < 1.29 is 23.9 Å². The first-order valence-corrected chi connectivity index (χ1v) is 10.4. The number of carbonyl (C=O) groups is 3. The van der Waals surface area contributed by atoms with Gasteiger partial charge in [-0.15, -0.1) is 0 Å². The average Bonchev–Trinajstić information content (AvgIpc) is 2.84. The molecule has 0 spiro atoms. The molecule has 0 radical (unpaired) electrons. The highest BCUT2D eigenvalue weighted by Crippen LogP contribution is 2.33. The molecule has 0 bridgehead atoms. The molecule has 1 aliphatic rings. The molecule has 0 saturated carbocycles. The SMILES string of the molecule is COC(=O)[C@H]1CN(CC(=O)Nc2ccccc2C(=O)Nc2ccccc2)c2ccccc2O1. The zero-order chi connectivity index (χ0) is 23.2. The Morgan fingerprint density at radius 2 is 1.64 bits per heavy atom. The van der Waals surface area contributed by atoms with Crippen molar-refractivity contribution in [1.82, 2.24) is 0 Å². The lowest BCUT2D eigenvalue weighted by atomic mass is 10.1. The van der Waals surface area contributed by atoms with E-state index in [-0.39, 0.29) is 24.9 Å². The van der Waals surface area contributed by atoms with E-state index in [1.807, 2.05) is 30.3 Å². The number of benzene rings is 3. The molecule has 4 rings (SSSR count). The number of ether oxygens (including phenoxy) is 2. The Bertz CT molecular complexity index is 1170. The standard InChI is InChI=1S/C25H23N3O5/c1-32-25(31)22-15-28(20-13-7-8-14-21(20)33-22)16-23(29)27-19-12-6-5-11-18(19)24(30)26-17-9-3-2-4-10-17/h2-14,22H,15-16H2,1H3,(H,26,30)(H,27,29)/t22-/m1/s1. The number of hydrogen-bond acceptors (Lipinski definition) is 6. The van der Waals surface area contributed by atoms with E-state index < -0.39 is 12.1 Å². The molecule has 0 fully saturated rings. The van der Waals surface area contributed by atoms with E-state index in [4.69, 9.17) is 9.47 Å². The summed E-state index contributed by atoms with van der Waals surface area (Å²) in [5, 5.41) is 5.64. The van der Waals surface area contributed by atoms with Crippen molar-refractivity contribution >= 4 is 34.8 Å². The highest BCUT2D eigenvalue weighted by molar-refractivity contribution is 6.10. The summed E-state index contributed by atoms with van der Waals surface area (Å²) in [6.07, 6.45) is -0.846. The summed E-state index contributed by atoms with van der Waals surface area (Å²) in [5.74, 6) is -0.692. The third kappa shape index (κ3) is 5.12. The number of methoxy groups -OCH3 is 1. The number of esters is 1. The number of para-hydroxylation sites is 4. The number of amides is 2. The van der Waals surface area contributed by atoms with E-state index in [9.17, 15) is 14.4 Å². The monoisotopic (exact) mass is 445 g/mol. The van der Waals surface area contributed by atoms with Gasteiger partial charge < -0.3 is 25.0 Å². The first-order valence-electron chi connectivity index (χ1n) is 10.4. The highest BCUT2D eigenvalue weighted by Gasteiger charge is 2.32. The maximum Gasteiger partial charge on any atom is 0.348 e. The van der Waals surface area contributed by atoms with Crippen LogP contribution in [0.1, 0.15) is 10.4 Å². The second-order valence-corrected chi connectivity index (χ2v) is 7.39. The summed E-state index contributed by atoms with van der Waals surface area (Å²) >= 11 is 0. The van der Waals surface area contributed by atoms with Gasteiger partial charge in [0.2, 0.25) is 12.0 Å². The Kier molecular flexibility index (Phi) is 6.54. The lowest BCUT2D eigenvalue weighted by molar-refractivity contribution is -0.148. The van der Waals surface area contributed by atoms with Crippen molar-refractivity contribution in [2.45, 2.75) is 6.10 Å². The smallest absolute Gasteiger partial charge is 0.348 e. The predicted octanol–water partition coefficient (Wildman–Crippen LogP) is 3.32. The predicted molar refractivity (Wildman–Crippen MR) is 125 cm³/mol. The van der Waals surface area contributed by atoms with Gasteiger partial charge in [0.15, 0.2) is 0 Å². The van der Waals surface area contributed by atoms with Crippen LogP contribution >= 0.6 is 0 Å². The van der Waals surface area contributed by atoms with Gasteiger partial charge in [-0.1, -0.05) is 42.5 Å². The van der Waals surface area contributed by atoms with Crippen molar-refractivity contribution in [3.05, 3.63) is 84.4 Å². The Morgan fingerprint density at radius 1 is 0.939 bits per heavy atom. The molecule has 1 aliphatic heterocycles. The zero-order valence-corrected chi connectivity index (χ0v) is 18.0. The van der Waals surface area contributed by atoms with Gasteiger partial charge >= 0.3 is 5.97 Å². The van der Waals surface area contributed by atoms with Crippen LogP contribution in [0.4, 0.5) is 17.1 Å². The van der Waals surface area contributed by atoms with E-state index in [1.54, 1.807) is 53.4 Å². The Morgan fingerprint density at radius 3 is 2.42 bits per heavy atom. The van der Waals surface area contributed by atoms with Crippen LogP contribution < -0.4 is 20.3 Å². The molecule has 2 amide bonds. The number of fused-ring (bicyclic) bond motifs is 1. The lowest BCUT2D eigenvalue weighted by Crippen LogP contribution is -2.47. The van der Waals surface area contributed by atoms with Crippen molar-refractivity contribution in [2.75, 3.05) is 35.7 Å². The van der Waals surface area contributed by atoms with Crippen molar-refractivity contribution in [3.8, 4) is 5.75 Å². The van der Waals surface area contributed by atoms with E-state index in [0.29, 0.717) is 28.4 Å². The van der Waals surface area contributed by atoms with Crippen LogP contribution in [0.2, 0.25) is 0 Å². The molecule has 3 aromatic rings. The van der Waals surface area contributed by atoms with Gasteiger partial charge in [0, 0.05) is 5.69 Å². The van der Waals surface area contributed by atoms with Gasteiger partial charge in [-0.25, -0.2) is 4.79 Å². The molecule has 0 aromatic heterocycles. The molecule has 168 valence electrons. The Hall–Kier alpha value is -4.33. The van der Waals surface area contributed by atoms with Crippen molar-refractivity contribution in [2.24, 2.45) is 0 Å². The molecule has 1 heterocycles. The van der Waals surface area contributed by atoms with Crippen LogP contribution in [0, 0.1) is 0 Å². The van der Waals surface area contributed by atoms with Crippen LogP contribution in [0.5, 0.6) is 5.75 Å². The van der Waals surface area contributed by atoms with Crippen molar-refractivity contribution in [3.63, 3.8) is 0 Å². The third-order valence-electron chi connectivity index (χ3n) is 5.14. The molecule has 3 aromatic carbocycles. The topological polar surface area (TPSA) is 97.0 Å². The van der Waals surface area contributed by atoms with Gasteiger partial charge in [0.25, 0.3) is 5.91 Å². The van der Waals surface area contributed by atoms with E-state index in [2.05, 4.69) is 10.6 Å². The highest BCUT2D eigenvalue weighted by atomic mass is 16.6. The average molecular weight is 445 g/mol. The normalized spacial score (nSPS) is 14.5. The van der Waals surface area contributed by atoms with E-state index in [1.165, 1.54) is 7.11 Å². The third-order valence-corrected chi connectivity index (χ3v) is 5.14. The van der Waals surface area contributed by atoms with Gasteiger partial charge in [-0.2, -0.15) is 0 Å². The summed E-state index contributed by atoms with van der Waals surface area (Å²) in [5.41, 5.74) is 2.08. The summed E-state index contributed by atoms with van der Waals surface area (Å²) in [4.78, 5) is 39.5. The fourth-order valence-electron chi connectivity index (χ4n) is 3.58. The van der Waals surface area contributed by atoms with Gasteiger partial charge in [0.05, 0.1) is 37.1 Å². The zero-order valence-electron chi connectivity index (χ0n) is 18.0. The molecular formula is C25H23N3O5. The Labute approximate surface area is 191 Å². The van der Waals surface area contributed by atoms with Gasteiger partial charge in [-0.3, -0.25) is 9.59 Å². The fraction of sp³-hybridized carbons (Fsp3) is 0.160. The minimum atomic E-state index is -0.846. The number of hydrogen-bond donors (Lipinski definition) is 2. The molecule has 0 unspecified atom stereocenters. The van der Waals surface area contributed by atoms with E-state index >= 15 is 0 Å². The molecular weight excluding hydrogens is 422 g/mol. The molecule has 1 atom stereocenters. The minimum Gasteiger partial charge on any atom is -0.475 e. The molecule has 8 nitrogen and oxygen atoms in total. The van der Waals surface area contributed by atoms with E-state index in [0.717, 1.165) is 0 Å². The largest absolute Gasteiger partial charge is 0.475 e. The van der Waals surface area contributed by atoms with Gasteiger partial charge in [-0.05, 0) is 36.4 Å². The van der Waals surface area contributed by atoms with Crippen LogP contribution in [-0.4, -0.2) is 44.1 Å². The summed E-state index contributed by atoms with van der Waals surface area (Å²) in [6.45, 7) is 0.121. The Balaban J connectivity index is 1.49. The molecule has 8 heteroatoms. The minimum absolute atomic E-state index is 0.0392. The first kappa shape index (κ1) is 21.9. The maximum atomic E-state index is 12.9. The molecule has 0 aliphatic carbocycles. The summed E-state index contributed by atoms with van der Waals surface area (Å²) in [7, 11) is 1.29. The molecule has 33 heavy (non-hydrogen) atoms. The van der Waals surface area contributed by atoms with Crippen molar-refractivity contribution in [1.29, 1.82) is 0 Å². The number of carbonyl (C=O) groups excluding carboxylic acids is 3. The molecule has 0 saturated heterocycles. The second kappa shape index (κ2) is 9.86. The first-order chi connectivity index (χ1) is 16.0. The second-order valence-electron chi connectivity index (χ2n) is 7.39. The maximum absolute atomic E-state index is 12.9. The summed E-state index contributed by atoms with van der Waals surface area (Å²) < 4.78 is 10.5. The number of rotatable bonds is 6. The van der Waals surface area contributed by atoms with Crippen LogP contribution in [-0.2, 0) is 14.3 Å². The van der Waals surface area contributed by atoms with Crippen LogP contribution in [0.25, 0.3) is 0 Å². The number of anilines is 3. The summed E-state index contributed by atoms with van der Waals surface area (Å²) in [6, 6.07) is 23.0. The lowest BCUT2D eigenvalue weighted by Gasteiger charge is -2.34. The quantitative estimate of drug-likeness (QED) is 0.565. The van der Waals surface area contributed by atoms with Crippen LogP contribution in [0.3, 0.4) is 0 Å². The number of nitrogens with zero attached hydrogens (tertiary/aromatic N) is 1. The fourth-order valence-corrected chi connectivity index (χ4v) is 3.58. The van der Waals surface area contributed by atoms with Crippen LogP contribution in [0.15, 0.2) is 78.9 Å². The number of nitrogens with one attached hydrogen (secondary N) is 2. The van der Waals surface area contributed by atoms with Gasteiger partial charge in [0.1, 0.15) is 5.75 Å². The molecule has 2 N–H and O–H groups in total.